The van der Waals surface area contributed by atoms with Crippen molar-refractivity contribution in [3.63, 3.8) is 0 Å². The minimum absolute atomic E-state index is 0.0549. The predicted octanol–water partition coefficient (Wildman–Crippen LogP) is 5.51. The number of rotatable bonds is 8. The van der Waals surface area contributed by atoms with Crippen molar-refractivity contribution in [1.82, 2.24) is 0 Å². The van der Waals surface area contributed by atoms with Gasteiger partial charge in [0.2, 0.25) is 0 Å². The summed E-state index contributed by atoms with van der Waals surface area (Å²) in [4.78, 5) is 50.3. The van der Waals surface area contributed by atoms with Gasteiger partial charge in [0, 0.05) is 31.1 Å². The van der Waals surface area contributed by atoms with Gasteiger partial charge in [-0.05, 0) is 76.0 Å². The molecule has 0 N–H and O–H groups in total. The maximum absolute atomic E-state index is 13.2. The largest absolute Gasteiger partial charge is 0.465 e. The van der Waals surface area contributed by atoms with Gasteiger partial charge in [0.05, 0.1) is 38.3 Å². The minimum Gasteiger partial charge on any atom is -0.465 e. The molecule has 10 nitrogen and oxygen atoms in total. The number of carbonyl (C=O) groups is 2. The van der Waals surface area contributed by atoms with Gasteiger partial charge < -0.3 is 18.9 Å². The van der Waals surface area contributed by atoms with Gasteiger partial charge in [-0.1, -0.05) is 27.7 Å². The summed E-state index contributed by atoms with van der Waals surface area (Å²) in [7, 11) is 0. The molecule has 8 rings (SSSR count). The summed E-state index contributed by atoms with van der Waals surface area (Å²) in [6.07, 6.45) is 7.68. The molecule has 2 saturated carbocycles. The van der Waals surface area contributed by atoms with Crippen molar-refractivity contribution in [1.29, 1.82) is 0 Å². The van der Waals surface area contributed by atoms with Crippen LogP contribution in [0.5, 0.6) is 0 Å². The normalized spacial score (nSPS) is 46.9. The molecule has 244 valence electrons. The highest BCUT2D eigenvalue weighted by Crippen LogP contribution is 2.56. The Balaban J connectivity index is 0.989. The number of carbonyl (C=O) groups excluding carboxylic acids is 2. The highest BCUT2D eigenvalue weighted by molar-refractivity contribution is 5.73. The van der Waals surface area contributed by atoms with Crippen molar-refractivity contribution < 1.29 is 48.1 Å². The molecule has 12 atom stereocenters. The molecule has 6 aliphatic heterocycles. The maximum Gasteiger partial charge on any atom is 0.309 e. The molecule has 0 aromatic heterocycles. The molecule has 8 aliphatic rings. The van der Waals surface area contributed by atoms with Gasteiger partial charge in [-0.3, -0.25) is 9.59 Å². The zero-order valence-corrected chi connectivity index (χ0v) is 26.9. The molecule has 0 radical (unpaired) electrons. The van der Waals surface area contributed by atoms with Crippen molar-refractivity contribution >= 4 is 11.9 Å². The lowest BCUT2D eigenvalue weighted by atomic mass is 9.60. The summed E-state index contributed by atoms with van der Waals surface area (Å²) in [5.41, 5.74) is -1.28. The van der Waals surface area contributed by atoms with E-state index in [0.29, 0.717) is 31.5 Å². The first-order valence-corrected chi connectivity index (χ1v) is 16.8. The zero-order valence-electron chi connectivity index (χ0n) is 26.9. The highest BCUT2D eigenvalue weighted by Gasteiger charge is 2.63. The molecule has 43 heavy (non-hydrogen) atoms. The fourth-order valence-corrected chi connectivity index (χ4v) is 9.39. The van der Waals surface area contributed by atoms with Gasteiger partial charge in [-0.15, -0.1) is 0 Å². The first-order valence-electron chi connectivity index (χ1n) is 16.8. The number of fused-ring (bicyclic) bond motifs is 6. The second kappa shape index (κ2) is 11.8. The highest BCUT2D eigenvalue weighted by atomic mass is 17.3. The zero-order chi connectivity index (χ0) is 30.6. The standard InChI is InChI=1S/C33H52O10/c1-20-8-10-26(32-18-38-30(5,40-42-32)14-12-24(20)32)22(3)28(34)36-16-7-17-37-29(35)23(4)27-11-9-21(2)25-13-15-31(6)39-19-33(25,27)43-41-31/h20-27H,7-19H2,1-6H3/t20-,21-,22-,23-,24+,25+,26+,27+,30-,31-,32-,33-/m1/s1. The topological polar surface area (TPSA) is 108 Å². The SMILES string of the molecule is C[C@@H]1CC[C@@H]([C@@H](C)C(=O)OCCCOC(=O)[C@H](C)[C@@H]2CC[C@@H](C)[C@@H]3CC[C@]4(C)OC[C@@]32OO4)[C@@]23CO[C@@](C)(CC[C@@H]12)OO3. The summed E-state index contributed by atoms with van der Waals surface area (Å²) < 4.78 is 23.7. The Morgan fingerprint density at radius 2 is 1.09 bits per heavy atom. The summed E-state index contributed by atoms with van der Waals surface area (Å²) in [5.74, 6) is -1.31. The van der Waals surface area contributed by atoms with Crippen LogP contribution >= 0.6 is 0 Å². The van der Waals surface area contributed by atoms with Crippen molar-refractivity contribution in [3.8, 4) is 0 Å². The Morgan fingerprint density at radius 3 is 1.47 bits per heavy atom. The van der Waals surface area contributed by atoms with Crippen LogP contribution in [0.1, 0.15) is 99.3 Å². The Labute approximate surface area is 255 Å². The van der Waals surface area contributed by atoms with Gasteiger partial charge in [0.1, 0.15) is 11.2 Å². The van der Waals surface area contributed by atoms with E-state index in [1.165, 1.54) is 0 Å². The van der Waals surface area contributed by atoms with Gasteiger partial charge >= 0.3 is 11.9 Å². The van der Waals surface area contributed by atoms with E-state index in [4.69, 9.17) is 38.5 Å². The minimum atomic E-state index is -0.718. The average molecular weight is 609 g/mol. The lowest BCUT2D eigenvalue weighted by Gasteiger charge is -2.52. The second-order valence-electron chi connectivity index (χ2n) is 15.0. The van der Waals surface area contributed by atoms with Gasteiger partial charge in [-0.25, -0.2) is 19.6 Å². The quantitative estimate of drug-likeness (QED) is 0.199. The van der Waals surface area contributed by atoms with Crippen LogP contribution in [-0.2, 0) is 48.1 Å². The molecule has 10 heteroatoms. The molecule has 0 aromatic carbocycles. The van der Waals surface area contributed by atoms with Crippen LogP contribution in [0.3, 0.4) is 0 Å². The van der Waals surface area contributed by atoms with E-state index in [9.17, 15) is 9.59 Å². The Hall–Kier alpha value is -1.30. The van der Waals surface area contributed by atoms with Gasteiger partial charge in [0.15, 0.2) is 11.6 Å². The van der Waals surface area contributed by atoms with Crippen LogP contribution in [0.2, 0.25) is 0 Å². The maximum atomic E-state index is 13.2. The lowest BCUT2D eigenvalue weighted by Crippen LogP contribution is -2.61. The third-order valence-electron chi connectivity index (χ3n) is 12.2. The van der Waals surface area contributed by atoms with Crippen LogP contribution in [0.15, 0.2) is 0 Å². The lowest BCUT2D eigenvalue weighted by molar-refractivity contribution is -0.516. The van der Waals surface area contributed by atoms with E-state index in [0.717, 1.165) is 51.4 Å². The number of hydrogen-bond donors (Lipinski definition) is 0. The summed E-state index contributed by atoms with van der Waals surface area (Å²) in [6, 6.07) is 0. The van der Waals surface area contributed by atoms with Crippen LogP contribution in [0.25, 0.3) is 0 Å². The molecule has 6 saturated heterocycles. The molecule has 0 unspecified atom stereocenters. The molecular formula is C33H52O10. The molecule has 0 amide bonds. The van der Waals surface area contributed by atoms with E-state index < -0.39 is 22.8 Å². The Morgan fingerprint density at radius 1 is 0.674 bits per heavy atom. The summed E-state index contributed by atoms with van der Waals surface area (Å²) >= 11 is 0. The molecule has 6 heterocycles. The Bertz CT molecular complexity index is 949. The van der Waals surface area contributed by atoms with Crippen molar-refractivity contribution in [2.45, 2.75) is 122 Å². The van der Waals surface area contributed by atoms with Crippen molar-refractivity contribution in [3.05, 3.63) is 0 Å². The second-order valence-corrected chi connectivity index (χ2v) is 15.0. The Kier molecular flexibility index (Phi) is 8.70. The van der Waals surface area contributed by atoms with Crippen LogP contribution in [0, 0.1) is 47.3 Å². The van der Waals surface area contributed by atoms with Crippen molar-refractivity contribution in [2.24, 2.45) is 47.3 Å². The van der Waals surface area contributed by atoms with Gasteiger partial charge in [-0.2, -0.15) is 0 Å². The summed E-state index contributed by atoms with van der Waals surface area (Å²) in [6.45, 7) is 13.5. The third-order valence-corrected chi connectivity index (χ3v) is 12.2. The first kappa shape index (κ1) is 31.7. The molecule has 0 aromatic rings. The average Bonchev–Trinajstić information content (AvgIpc) is 3.39. The predicted molar refractivity (Wildman–Crippen MR) is 153 cm³/mol. The van der Waals surface area contributed by atoms with Crippen LogP contribution < -0.4 is 0 Å². The number of esters is 2. The molecule has 8 fully saturated rings. The molecule has 2 spiro atoms. The van der Waals surface area contributed by atoms with E-state index >= 15 is 0 Å². The smallest absolute Gasteiger partial charge is 0.309 e. The molecule has 2 aliphatic carbocycles. The summed E-state index contributed by atoms with van der Waals surface area (Å²) in [5, 5.41) is 0. The molecular weight excluding hydrogens is 556 g/mol. The van der Waals surface area contributed by atoms with E-state index in [1.807, 2.05) is 27.7 Å². The van der Waals surface area contributed by atoms with E-state index in [1.54, 1.807) is 0 Å². The number of ether oxygens (including phenoxy) is 4. The fraction of sp³-hybridized carbons (Fsp3) is 0.939. The van der Waals surface area contributed by atoms with E-state index in [2.05, 4.69) is 13.8 Å². The first-order chi connectivity index (χ1) is 20.4. The van der Waals surface area contributed by atoms with Crippen LogP contribution in [0.4, 0.5) is 0 Å². The molecule has 4 bridgehead atoms. The third kappa shape index (κ3) is 5.56. The number of hydrogen-bond acceptors (Lipinski definition) is 10. The van der Waals surface area contributed by atoms with E-state index in [-0.39, 0.29) is 60.7 Å². The van der Waals surface area contributed by atoms with Crippen LogP contribution in [-0.4, -0.2) is 61.1 Å². The fourth-order valence-electron chi connectivity index (χ4n) is 9.39. The monoisotopic (exact) mass is 608 g/mol. The van der Waals surface area contributed by atoms with Crippen molar-refractivity contribution in [2.75, 3.05) is 26.4 Å². The van der Waals surface area contributed by atoms with Gasteiger partial charge in [0.25, 0.3) is 0 Å².